The summed E-state index contributed by atoms with van der Waals surface area (Å²) in [7, 11) is 0. The van der Waals surface area contributed by atoms with Gasteiger partial charge in [0.05, 0.1) is 0 Å². The van der Waals surface area contributed by atoms with E-state index in [4.69, 9.17) is 11.6 Å². The Balaban J connectivity index is 2.73. The number of halogens is 1. The van der Waals surface area contributed by atoms with Gasteiger partial charge in [0.15, 0.2) is 0 Å². The van der Waals surface area contributed by atoms with Crippen molar-refractivity contribution in [2.24, 2.45) is 0 Å². The highest BCUT2D eigenvalue weighted by Gasteiger charge is 1.88. The van der Waals surface area contributed by atoms with E-state index in [1.807, 2.05) is 11.8 Å². The van der Waals surface area contributed by atoms with Gasteiger partial charge in [-0.15, -0.1) is 11.6 Å². The van der Waals surface area contributed by atoms with Gasteiger partial charge in [-0.3, -0.25) is 0 Å². The Morgan fingerprint density at radius 3 is 2.67 bits per heavy atom. The third-order valence-electron chi connectivity index (χ3n) is 1.61. The highest BCUT2D eigenvalue weighted by atomic mass is 35.5. The third kappa shape index (κ3) is 10.6. The van der Waals surface area contributed by atoms with Crippen LogP contribution in [-0.4, -0.2) is 30.5 Å². The van der Waals surface area contributed by atoms with E-state index < -0.39 is 0 Å². The predicted octanol–water partition coefficient (Wildman–Crippen LogP) is 2.74. The monoisotopic (exact) mass is 209 g/mol. The second-order valence-corrected chi connectivity index (χ2v) is 4.47. The molecule has 0 aromatic rings. The molecule has 0 aromatic carbocycles. The number of hydrogen-bond acceptors (Lipinski definition) is 2. The zero-order chi connectivity index (χ0) is 9.07. The fraction of sp³-hybridized carbons (Fsp3) is 1.00. The Kier molecular flexibility index (Phi) is 12.2. The van der Waals surface area contributed by atoms with Crippen molar-refractivity contribution in [3.63, 3.8) is 0 Å². The maximum absolute atomic E-state index is 5.56. The molecule has 0 amide bonds. The smallest absolute Gasteiger partial charge is 0.0223 e. The Morgan fingerprint density at radius 1 is 1.17 bits per heavy atom. The summed E-state index contributed by atoms with van der Waals surface area (Å²) in [6.07, 6.45) is 3.69. The first kappa shape index (κ1) is 12.6. The molecular weight excluding hydrogens is 190 g/mol. The minimum atomic E-state index is 0.811. The standard InChI is InChI=1S/C9H20ClNS/c1-2-12-9-8-11-7-5-3-4-6-10/h11H,2-9H2,1H3. The van der Waals surface area contributed by atoms with Crippen LogP contribution in [0.3, 0.4) is 0 Å². The maximum atomic E-state index is 5.56. The van der Waals surface area contributed by atoms with E-state index in [9.17, 15) is 0 Å². The second kappa shape index (κ2) is 11.6. The van der Waals surface area contributed by atoms with E-state index in [1.54, 1.807) is 0 Å². The van der Waals surface area contributed by atoms with Crippen LogP contribution in [0.2, 0.25) is 0 Å². The Bertz CT molecular complexity index is 70.9. The van der Waals surface area contributed by atoms with Gasteiger partial charge in [-0.25, -0.2) is 0 Å². The van der Waals surface area contributed by atoms with Gasteiger partial charge in [0.2, 0.25) is 0 Å². The van der Waals surface area contributed by atoms with E-state index in [0.29, 0.717) is 0 Å². The van der Waals surface area contributed by atoms with Gasteiger partial charge in [0.25, 0.3) is 0 Å². The fourth-order valence-corrected chi connectivity index (χ4v) is 1.70. The van der Waals surface area contributed by atoms with Crippen LogP contribution < -0.4 is 5.32 Å². The largest absolute Gasteiger partial charge is 0.316 e. The molecule has 1 nitrogen and oxygen atoms in total. The Hall–Kier alpha value is 0.600. The van der Waals surface area contributed by atoms with E-state index in [0.717, 1.165) is 25.4 Å². The molecule has 0 fully saturated rings. The second-order valence-electron chi connectivity index (χ2n) is 2.70. The van der Waals surface area contributed by atoms with Crippen LogP contribution in [0.15, 0.2) is 0 Å². The highest BCUT2D eigenvalue weighted by molar-refractivity contribution is 7.99. The molecule has 0 saturated carbocycles. The van der Waals surface area contributed by atoms with Crippen molar-refractivity contribution < 1.29 is 0 Å². The summed E-state index contributed by atoms with van der Waals surface area (Å²) in [5.41, 5.74) is 0. The summed E-state index contributed by atoms with van der Waals surface area (Å²) in [6, 6.07) is 0. The summed E-state index contributed by atoms with van der Waals surface area (Å²) in [5.74, 6) is 3.28. The minimum Gasteiger partial charge on any atom is -0.316 e. The average Bonchev–Trinajstić information content (AvgIpc) is 2.10. The van der Waals surface area contributed by atoms with Gasteiger partial charge in [0, 0.05) is 18.2 Å². The highest BCUT2D eigenvalue weighted by Crippen LogP contribution is 1.97. The lowest BCUT2D eigenvalue weighted by Gasteiger charge is -2.02. The Labute approximate surface area is 85.6 Å². The first-order chi connectivity index (χ1) is 5.91. The van der Waals surface area contributed by atoms with E-state index >= 15 is 0 Å². The number of nitrogens with one attached hydrogen (secondary N) is 1. The van der Waals surface area contributed by atoms with E-state index in [1.165, 1.54) is 24.3 Å². The summed E-state index contributed by atoms with van der Waals surface area (Å²) in [6.45, 7) is 4.51. The van der Waals surface area contributed by atoms with Crippen molar-refractivity contribution in [3.05, 3.63) is 0 Å². The molecule has 0 unspecified atom stereocenters. The predicted molar refractivity (Wildman–Crippen MR) is 60.4 cm³/mol. The van der Waals surface area contributed by atoms with Crippen LogP contribution in [0.5, 0.6) is 0 Å². The van der Waals surface area contributed by atoms with Crippen molar-refractivity contribution in [2.75, 3.05) is 30.5 Å². The lowest BCUT2D eigenvalue weighted by molar-refractivity contribution is 0.637. The quantitative estimate of drug-likeness (QED) is 0.463. The number of thioether (sulfide) groups is 1. The molecule has 0 bridgehead atoms. The first-order valence-corrected chi connectivity index (χ1v) is 6.45. The van der Waals surface area contributed by atoms with Crippen molar-refractivity contribution in [3.8, 4) is 0 Å². The summed E-state index contributed by atoms with van der Waals surface area (Å²) in [5, 5.41) is 3.42. The van der Waals surface area contributed by atoms with Crippen LogP contribution in [0, 0.1) is 0 Å². The van der Waals surface area contributed by atoms with Gasteiger partial charge in [0.1, 0.15) is 0 Å². The van der Waals surface area contributed by atoms with Crippen LogP contribution in [0.1, 0.15) is 26.2 Å². The fourth-order valence-electron chi connectivity index (χ4n) is 0.935. The molecule has 12 heavy (non-hydrogen) atoms. The van der Waals surface area contributed by atoms with Gasteiger partial charge in [-0.2, -0.15) is 11.8 Å². The molecule has 0 saturated heterocycles. The van der Waals surface area contributed by atoms with Crippen molar-refractivity contribution in [1.29, 1.82) is 0 Å². The van der Waals surface area contributed by atoms with Gasteiger partial charge in [-0.1, -0.05) is 13.3 Å². The molecular formula is C9H20ClNS. The first-order valence-electron chi connectivity index (χ1n) is 4.76. The SMILES string of the molecule is CCSCCNCCCCCCl. The zero-order valence-electron chi connectivity index (χ0n) is 7.94. The van der Waals surface area contributed by atoms with Crippen molar-refractivity contribution >= 4 is 23.4 Å². The lowest BCUT2D eigenvalue weighted by atomic mass is 10.2. The van der Waals surface area contributed by atoms with E-state index in [2.05, 4.69) is 12.2 Å². The van der Waals surface area contributed by atoms with Crippen LogP contribution in [0.4, 0.5) is 0 Å². The van der Waals surface area contributed by atoms with Gasteiger partial charge < -0.3 is 5.32 Å². The average molecular weight is 210 g/mol. The van der Waals surface area contributed by atoms with Crippen LogP contribution in [-0.2, 0) is 0 Å². The molecule has 0 radical (unpaired) electrons. The van der Waals surface area contributed by atoms with E-state index in [-0.39, 0.29) is 0 Å². The van der Waals surface area contributed by atoms with Gasteiger partial charge >= 0.3 is 0 Å². The number of rotatable bonds is 9. The summed E-state index contributed by atoms with van der Waals surface area (Å²) >= 11 is 7.55. The molecule has 74 valence electrons. The molecule has 0 rings (SSSR count). The summed E-state index contributed by atoms with van der Waals surface area (Å²) < 4.78 is 0. The lowest BCUT2D eigenvalue weighted by Crippen LogP contribution is -2.18. The molecule has 0 aromatic heterocycles. The molecule has 0 aliphatic heterocycles. The van der Waals surface area contributed by atoms with Crippen LogP contribution in [0.25, 0.3) is 0 Å². The molecule has 0 aliphatic rings. The molecule has 1 N–H and O–H groups in total. The van der Waals surface area contributed by atoms with Crippen molar-refractivity contribution in [2.45, 2.75) is 26.2 Å². The van der Waals surface area contributed by atoms with Crippen LogP contribution >= 0.6 is 23.4 Å². The topological polar surface area (TPSA) is 12.0 Å². The number of alkyl halides is 1. The molecule has 0 atom stereocenters. The maximum Gasteiger partial charge on any atom is 0.0223 e. The normalized spacial score (nSPS) is 10.5. The molecule has 0 aliphatic carbocycles. The third-order valence-corrected chi connectivity index (χ3v) is 2.78. The molecule has 0 spiro atoms. The minimum absolute atomic E-state index is 0.811. The van der Waals surface area contributed by atoms with Crippen molar-refractivity contribution in [1.82, 2.24) is 5.32 Å². The summed E-state index contributed by atoms with van der Waals surface area (Å²) in [4.78, 5) is 0. The number of unbranched alkanes of at least 4 members (excludes halogenated alkanes) is 2. The Morgan fingerprint density at radius 2 is 2.00 bits per heavy atom. The molecule has 0 heterocycles. The zero-order valence-corrected chi connectivity index (χ0v) is 9.52. The van der Waals surface area contributed by atoms with Gasteiger partial charge in [-0.05, 0) is 25.1 Å². The molecule has 3 heteroatoms. The number of hydrogen-bond donors (Lipinski definition) is 1.